The molecule has 3 fully saturated rings. The summed E-state index contributed by atoms with van der Waals surface area (Å²) in [5, 5.41) is 6.46. The van der Waals surface area contributed by atoms with Gasteiger partial charge in [0, 0.05) is 6.54 Å². The number of hydrogen-bond donors (Lipinski definition) is 4. The fraction of sp³-hybridized carbons (Fsp3) is 0.917. The highest BCUT2D eigenvalue weighted by molar-refractivity contribution is 5.81. The summed E-state index contributed by atoms with van der Waals surface area (Å²) in [6, 6.07) is -0.0702. The first kappa shape index (κ1) is 12.3. The summed E-state index contributed by atoms with van der Waals surface area (Å²) in [7, 11) is 0. The molecule has 2 heterocycles. The normalized spacial score (nSPS) is 42.4. The molecule has 0 aromatic rings. The van der Waals surface area contributed by atoms with E-state index < -0.39 is 0 Å². The van der Waals surface area contributed by atoms with Gasteiger partial charge in [-0.15, -0.1) is 0 Å². The first-order valence-corrected chi connectivity index (χ1v) is 6.83. The molecular formula is C12H22N4O2. The van der Waals surface area contributed by atoms with Gasteiger partial charge in [-0.05, 0) is 44.2 Å². The van der Waals surface area contributed by atoms with Crippen LogP contribution in [0.25, 0.3) is 0 Å². The van der Waals surface area contributed by atoms with Crippen LogP contribution in [0.5, 0.6) is 0 Å². The third-order valence-electron chi connectivity index (χ3n) is 4.38. The Bertz CT molecular complexity index is 330. The molecule has 6 nitrogen and oxygen atoms in total. The number of amides is 1. The Balaban J connectivity index is 1.41. The molecule has 1 saturated carbocycles. The van der Waals surface area contributed by atoms with Crippen molar-refractivity contribution >= 4 is 5.91 Å². The number of hydrogen-bond acceptors (Lipinski definition) is 5. The van der Waals surface area contributed by atoms with Crippen LogP contribution in [0.15, 0.2) is 0 Å². The molecule has 0 aromatic heterocycles. The average molecular weight is 254 g/mol. The van der Waals surface area contributed by atoms with E-state index in [-0.39, 0.29) is 17.5 Å². The minimum Gasteiger partial charge on any atom is -0.322 e. The predicted octanol–water partition coefficient (Wildman–Crippen LogP) is -1.28. The minimum absolute atomic E-state index is 0.0447. The van der Waals surface area contributed by atoms with Crippen molar-refractivity contribution in [2.75, 3.05) is 26.2 Å². The van der Waals surface area contributed by atoms with Crippen molar-refractivity contribution in [3.8, 4) is 0 Å². The lowest BCUT2D eigenvalue weighted by atomic mass is 10.0. The maximum absolute atomic E-state index is 12.0. The van der Waals surface area contributed by atoms with Crippen LogP contribution in [0.3, 0.4) is 0 Å². The van der Waals surface area contributed by atoms with Gasteiger partial charge < -0.3 is 16.4 Å². The quantitative estimate of drug-likeness (QED) is 0.470. The summed E-state index contributed by atoms with van der Waals surface area (Å²) < 4.78 is 0. The molecule has 2 saturated heterocycles. The van der Waals surface area contributed by atoms with E-state index in [0.29, 0.717) is 12.5 Å². The fourth-order valence-electron chi connectivity index (χ4n) is 3.07. The van der Waals surface area contributed by atoms with Gasteiger partial charge in [0.1, 0.15) is 0 Å². The van der Waals surface area contributed by atoms with Crippen LogP contribution < -0.4 is 21.8 Å². The number of nitrogens with two attached hydrogens (primary N) is 1. The van der Waals surface area contributed by atoms with Crippen LogP contribution in [0, 0.1) is 11.8 Å². The first-order valence-electron chi connectivity index (χ1n) is 6.83. The Morgan fingerprint density at radius 2 is 2.39 bits per heavy atom. The van der Waals surface area contributed by atoms with E-state index in [1.54, 1.807) is 0 Å². The number of carbonyl (C=O) groups excluding carboxylic acids is 1. The van der Waals surface area contributed by atoms with Crippen LogP contribution in [0.4, 0.5) is 0 Å². The van der Waals surface area contributed by atoms with Gasteiger partial charge in [-0.1, -0.05) is 0 Å². The Morgan fingerprint density at radius 3 is 3.17 bits per heavy atom. The second kappa shape index (κ2) is 4.77. The molecule has 6 heteroatoms. The zero-order chi connectivity index (χ0) is 12.6. The Kier molecular flexibility index (Phi) is 3.27. The van der Waals surface area contributed by atoms with Gasteiger partial charge in [0.2, 0.25) is 0 Å². The lowest BCUT2D eigenvalue weighted by Gasteiger charge is -2.25. The number of rotatable bonds is 4. The second-order valence-electron chi connectivity index (χ2n) is 5.92. The van der Waals surface area contributed by atoms with Crippen molar-refractivity contribution in [2.24, 2.45) is 17.6 Å². The monoisotopic (exact) mass is 254 g/mol. The summed E-state index contributed by atoms with van der Waals surface area (Å²) in [6.07, 6.45) is 3.26. The molecule has 3 aliphatic rings. The second-order valence-corrected chi connectivity index (χ2v) is 5.92. The van der Waals surface area contributed by atoms with Gasteiger partial charge in [0.25, 0.3) is 5.91 Å². The molecule has 18 heavy (non-hydrogen) atoms. The highest BCUT2D eigenvalue weighted by atomic mass is 16.7. The molecule has 0 spiro atoms. The molecule has 3 unspecified atom stereocenters. The topological polar surface area (TPSA) is 88.4 Å². The van der Waals surface area contributed by atoms with Crippen molar-refractivity contribution in [2.45, 2.75) is 30.8 Å². The number of piperidine rings is 1. The van der Waals surface area contributed by atoms with Crippen LogP contribution in [0.2, 0.25) is 0 Å². The summed E-state index contributed by atoms with van der Waals surface area (Å²) >= 11 is 0. The van der Waals surface area contributed by atoms with E-state index in [2.05, 4.69) is 16.1 Å². The summed E-state index contributed by atoms with van der Waals surface area (Å²) in [5.41, 5.74) is 8.32. The van der Waals surface area contributed by atoms with E-state index >= 15 is 0 Å². The van der Waals surface area contributed by atoms with Crippen LogP contribution in [-0.4, -0.2) is 43.7 Å². The zero-order valence-electron chi connectivity index (χ0n) is 10.6. The summed E-state index contributed by atoms with van der Waals surface area (Å²) in [6.45, 7) is 2.97. The van der Waals surface area contributed by atoms with Crippen LogP contribution in [0.1, 0.15) is 19.3 Å². The standard InChI is InChI=1S/C12H22N4O2/c13-12(2-4-14-6-12)7-18-16-11(17)10-9-5-8(9)1-3-15-10/h8-10,14-15H,1-7,13H2,(H,16,17)/t8?,9?,10-,12?/m0/s1. The highest BCUT2D eigenvalue weighted by Crippen LogP contribution is 2.45. The molecule has 102 valence electrons. The van der Waals surface area contributed by atoms with Crippen molar-refractivity contribution in [1.29, 1.82) is 0 Å². The molecular weight excluding hydrogens is 232 g/mol. The average Bonchev–Trinajstić information content (AvgIpc) is 3.03. The van der Waals surface area contributed by atoms with Gasteiger partial charge >= 0.3 is 0 Å². The summed E-state index contributed by atoms with van der Waals surface area (Å²) in [4.78, 5) is 17.3. The van der Waals surface area contributed by atoms with Gasteiger partial charge in [-0.25, -0.2) is 5.48 Å². The van der Waals surface area contributed by atoms with Gasteiger partial charge in [0.05, 0.1) is 18.2 Å². The smallest absolute Gasteiger partial charge is 0.260 e. The van der Waals surface area contributed by atoms with E-state index in [1.807, 2.05) is 0 Å². The zero-order valence-corrected chi connectivity index (χ0v) is 10.6. The SMILES string of the molecule is NC1(CONC(=O)[C@H]2NCCC3CC32)CCNC1. The minimum atomic E-state index is -0.338. The van der Waals surface area contributed by atoms with E-state index in [9.17, 15) is 4.79 Å². The molecule has 5 N–H and O–H groups in total. The molecule has 2 aliphatic heterocycles. The molecule has 1 aliphatic carbocycles. The Labute approximate surface area is 107 Å². The maximum Gasteiger partial charge on any atom is 0.260 e. The lowest BCUT2D eigenvalue weighted by Crippen LogP contribution is -2.52. The largest absolute Gasteiger partial charge is 0.322 e. The predicted molar refractivity (Wildman–Crippen MR) is 66.5 cm³/mol. The van der Waals surface area contributed by atoms with Gasteiger partial charge in [-0.2, -0.15) is 0 Å². The summed E-state index contributed by atoms with van der Waals surface area (Å²) in [5.74, 6) is 1.22. The Morgan fingerprint density at radius 1 is 1.50 bits per heavy atom. The molecule has 3 rings (SSSR count). The highest BCUT2D eigenvalue weighted by Gasteiger charge is 2.48. The van der Waals surface area contributed by atoms with E-state index in [4.69, 9.17) is 10.6 Å². The molecule has 4 atom stereocenters. The van der Waals surface area contributed by atoms with Crippen molar-refractivity contribution in [3.05, 3.63) is 0 Å². The van der Waals surface area contributed by atoms with Crippen molar-refractivity contribution in [3.63, 3.8) is 0 Å². The van der Waals surface area contributed by atoms with Crippen molar-refractivity contribution in [1.82, 2.24) is 16.1 Å². The number of carbonyl (C=O) groups is 1. The van der Waals surface area contributed by atoms with Gasteiger partial charge in [-0.3, -0.25) is 9.63 Å². The van der Waals surface area contributed by atoms with Gasteiger partial charge in [0.15, 0.2) is 0 Å². The third-order valence-corrected chi connectivity index (χ3v) is 4.38. The molecule has 0 bridgehead atoms. The van der Waals surface area contributed by atoms with E-state index in [1.165, 1.54) is 12.8 Å². The van der Waals surface area contributed by atoms with Crippen molar-refractivity contribution < 1.29 is 9.63 Å². The van der Waals surface area contributed by atoms with E-state index in [0.717, 1.165) is 32.0 Å². The first-order chi connectivity index (χ1) is 8.68. The lowest BCUT2D eigenvalue weighted by molar-refractivity contribution is -0.138. The maximum atomic E-state index is 12.0. The molecule has 0 aromatic carbocycles. The fourth-order valence-corrected chi connectivity index (χ4v) is 3.07. The van der Waals surface area contributed by atoms with Crippen LogP contribution >= 0.6 is 0 Å². The Hall–Kier alpha value is -0.690. The molecule has 1 amide bonds. The number of hydroxylamine groups is 1. The van der Waals surface area contributed by atoms with Crippen LogP contribution in [-0.2, 0) is 9.63 Å². The third kappa shape index (κ3) is 2.51. The number of fused-ring (bicyclic) bond motifs is 1. The number of nitrogens with one attached hydrogen (secondary N) is 3. The molecule has 0 radical (unpaired) electrons.